The standard InChI is InChI=1S/C43H44O12/c1-28(44)52-36-15-7-32(8-16-36)42(5,33-9-17-37(18-10-33)53-29(2)45)25-23-40(48)50-27-51-41(49)24-26-43(6,34-11-19-38(20-12-34)54-30(3)46)35-13-21-39(22-14-35)55-31(4)47/h7-22H,23-27H2,1-6H3. The Kier molecular flexibility index (Phi) is 14.1. The summed E-state index contributed by atoms with van der Waals surface area (Å²) >= 11 is 0. The molecule has 0 amide bonds. The van der Waals surface area contributed by atoms with Gasteiger partial charge in [0.2, 0.25) is 6.79 Å². The lowest BCUT2D eigenvalue weighted by molar-refractivity contribution is -0.167. The molecular formula is C43H44O12. The fourth-order valence-corrected chi connectivity index (χ4v) is 6.15. The van der Waals surface area contributed by atoms with Crippen LogP contribution in [-0.2, 0) is 49.1 Å². The molecule has 0 aromatic heterocycles. The highest BCUT2D eigenvalue weighted by atomic mass is 16.7. The third-order valence-electron chi connectivity index (χ3n) is 9.11. The third kappa shape index (κ3) is 11.8. The summed E-state index contributed by atoms with van der Waals surface area (Å²) in [6, 6.07) is 27.8. The van der Waals surface area contributed by atoms with Crippen LogP contribution in [0.1, 0.15) is 89.5 Å². The van der Waals surface area contributed by atoms with Crippen molar-refractivity contribution in [1.82, 2.24) is 0 Å². The lowest BCUT2D eigenvalue weighted by Crippen LogP contribution is -2.26. The van der Waals surface area contributed by atoms with Crippen molar-refractivity contribution in [2.24, 2.45) is 0 Å². The smallest absolute Gasteiger partial charge is 0.308 e. The molecule has 12 heteroatoms. The van der Waals surface area contributed by atoms with Crippen molar-refractivity contribution in [3.8, 4) is 23.0 Å². The summed E-state index contributed by atoms with van der Waals surface area (Å²) in [5.74, 6) is -1.47. The Bertz CT molecular complexity index is 1720. The van der Waals surface area contributed by atoms with Crippen LogP contribution in [0.25, 0.3) is 0 Å². The van der Waals surface area contributed by atoms with Crippen molar-refractivity contribution in [3.63, 3.8) is 0 Å². The molecule has 0 N–H and O–H groups in total. The van der Waals surface area contributed by atoms with Gasteiger partial charge in [-0.1, -0.05) is 62.4 Å². The number of hydrogen-bond acceptors (Lipinski definition) is 12. The average molecular weight is 753 g/mol. The summed E-state index contributed by atoms with van der Waals surface area (Å²) in [6.45, 7) is 8.58. The van der Waals surface area contributed by atoms with E-state index in [4.69, 9.17) is 28.4 Å². The minimum absolute atomic E-state index is 0.0316. The van der Waals surface area contributed by atoms with E-state index in [1.54, 1.807) is 48.5 Å². The fraction of sp³-hybridized carbons (Fsp3) is 0.302. The molecule has 55 heavy (non-hydrogen) atoms. The Labute approximate surface area is 319 Å². The molecule has 12 nitrogen and oxygen atoms in total. The van der Waals surface area contributed by atoms with Crippen LogP contribution in [0, 0.1) is 0 Å². The predicted molar refractivity (Wildman–Crippen MR) is 199 cm³/mol. The summed E-state index contributed by atoms with van der Waals surface area (Å²) in [6.07, 6.45) is 0.529. The van der Waals surface area contributed by atoms with Crippen LogP contribution in [0.5, 0.6) is 23.0 Å². The lowest BCUT2D eigenvalue weighted by Gasteiger charge is -2.31. The molecule has 4 rings (SSSR count). The van der Waals surface area contributed by atoms with Gasteiger partial charge in [-0.2, -0.15) is 0 Å². The monoisotopic (exact) mass is 752 g/mol. The van der Waals surface area contributed by atoms with Crippen molar-refractivity contribution in [1.29, 1.82) is 0 Å². The van der Waals surface area contributed by atoms with E-state index in [0.29, 0.717) is 35.8 Å². The first-order valence-corrected chi connectivity index (χ1v) is 17.5. The minimum atomic E-state index is -0.726. The molecule has 0 spiro atoms. The Morgan fingerprint density at radius 2 is 0.618 bits per heavy atom. The van der Waals surface area contributed by atoms with Crippen LogP contribution in [0.4, 0.5) is 0 Å². The van der Waals surface area contributed by atoms with Crippen molar-refractivity contribution in [3.05, 3.63) is 119 Å². The molecule has 0 aliphatic rings. The van der Waals surface area contributed by atoms with Crippen LogP contribution in [-0.4, -0.2) is 42.6 Å². The van der Waals surface area contributed by atoms with E-state index in [9.17, 15) is 28.8 Å². The minimum Gasteiger partial charge on any atom is -0.428 e. The third-order valence-corrected chi connectivity index (χ3v) is 9.11. The maximum Gasteiger partial charge on any atom is 0.308 e. The maximum absolute atomic E-state index is 13.0. The van der Waals surface area contributed by atoms with Crippen LogP contribution in [0.15, 0.2) is 97.1 Å². The Balaban J connectivity index is 1.41. The van der Waals surface area contributed by atoms with E-state index in [1.807, 2.05) is 62.4 Å². The molecule has 288 valence electrons. The number of benzene rings is 4. The zero-order chi connectivity index (χ0) is 40.2. The number of rotatable bonds is 16. The molecule has 0 fully saturated rings. The normalized spacial score (nSPS) is 11.2. The second-order valence-corrected chi connectivity index (χ2v) is 13.3. The van der Waals surface area contributed by atoms with Crippen molar-refractivity contribution < 1.29 is 57.2 Å². The number of carbonyl (C=O) groups is 6. The van der Waals surface area contributed by atoms with Gasteiger partial charge in [0.05, 0.1) is 0 Å². The van der Waals surface area contributed by atoms with Gasteiger partial charge in [0.25, 0.3) is 0 Å². The van der Waals surface area contributed by atoms with Gasteiger partial charge in [0, 0.05) is 51.4 Å². The number of carbonyl (C=O) groups excluding carboxylic acids is 6. The Morgan fingerprint density at radius 1 is 0.400 bits per heavy atom. The van der Waals surface area contributed by atoms with Crippen molar-refractivity contribution >= 4 is 35.8 Å². The second-order valence-electron chi connectivity index (χ2n) is 13.3. The molecule has 4 aromatic rings. The zero-order valence-corrected chi connectivity index (χ0v) is 31.7. The highest BCUT2D eigenvalue weighted by Gasteiger charge is 2.32. The van der Waals surface area contributed by atoms with E-state index in [-0.39, 0.29) is 12.8 Å². The summed E-state index contributed by atoms with van der Waals surface area (Å²) in [4.78, 5) is 71.7. The zero-order valence-electron chi connectivity index (χ0n) is 31.7. The summed E-state index contributed by atoms with van der Waals surface area (Å²) in [5.41, 5.74) is 1.86. The molecule has 0 heterocycles. The summed E-state index contributed by atoms with van der Waals surface area (Å²) in [5, 5.41) is 0. The first-order valence-electron chi connectivity index (χ1n) is 17.5. The highest BCUT2D eigenvalue weighted by Crippen LogP contribution is 2.39. The number of ether oxygens (including phenoxy) is 6. The van der Waals surface area contributed by atoms with Crippen LogP contribution in [0.3, 0.4) is 0 Å². The summed E-state index contributed by atoms with van der Waals surface area (Å²) in [7, 11) is 0. The molecular weight excluding hydrogens is 708 g/mol. The van der Waals surface area contributed by atoms with E-state index < -0.39 is 53.4 Å². The molecule has 0 aliphatic carbocycles. The van der Waals surface area contributed by atoms with Gasteiger partial charge in [0.1, 0.15) is 23.0 Å². The largest absolute Gasteiger partial charge is 0.428 e. The molecule has 0 saturated heterocycles. The van der Waals surface area contributed by atoms with Gasteiger partial charge in [-0.3, -0.25) is 28.8 Å². The van der Waals surface area contributed by atoms with E-state index in [1.165, 1.54) is 27.7 Å². The summed E-state index contributed by atoms with van der Waals surface area (Å²) < 4.78 is 31.4. The van der Waals surface area contributed by atoms with Gasteiger partial charge >= 0.3 is 35.8 Å². The lowest BCUT2D eigenvalue weighted by atomic mass is 9.73. The molecule has 0 bridgehead atoms. The molecule has 0 aliphatic heterocycles. The maximum atomic E-state index is 13.0. The highest BCUT2D eigenvalue weighted by molar-refractivity contribution is 5.72. The van der Waals surface area contributed by atoms with Crippen molar-refractivity contribution in [2.75, 3.05) is 6.79 Å². The molecule has 4 aromatic carbocycles. The second kappa shape index (κ2) is 18.6. The van der Waals surface area contributed by atoms with Gasteiger partial charge in [-0.05, 0) is 83.6 Å². The topological polar surface area (TPSA) is 158 Å². The molecule has 0 atom stereocenters. The molecule has 0 saturated carbocycles. The molecule has 0 unspecified atom stereocenters. The quantitative estimate of drug-likeness (QED) is 0.0640. The fourth-order valence-electron chi connectivity index (χ4n) is 6.15. The van der Waals surface area contributed by atoms with Crippen molar-refractivity contribution in [2.45, 2.75) is 78.1 Å². The molecule has 0 radical (unpaired) electrons. The van der Waals surface area contributed by atoms with E-state index in [2.05, 4.69) is 0 Å². The first-order chi connectivity index (χ1) is 26.1. The first kappa shape index (κ1) is 41.5. The van der Waals surface area contributed by atoms with Crippen LogP contribution >= 0.6 is 0 Å². The Morgan fingerprint density at radius 3 is 0.818 bits per heavy atom. The van der Waals surface area contributed by atoms with E-state index in [0.717, 1.165) is 22.3 Å². The van der Waals surface area contributed by atoms with E-state index >= 15 is 0 Å². The van der Waals surface area contributed by atoms with Crippen LogP contribution < -0.4 is 18.9 Å². The number of esters is 6. The van der Waals surface area contributed by atoms with Crippen LogP contribution in [0.2, 0.25) is 0 Å². The predicted octanol–water partition coefficient (Wildman–Crippen LogP) is 7.30. The Hall–Kier alpha value is -6.30. The average Bonchev–Trinajstić information content (AvgIpc) is 3.13. The van der Waals surface area contributed by atoms with Gasteiger partial charge in [-0.25, -0.2) is 0 Å². The van der Waals surface area contributed by atoms with Gasteiger partial charge in [0.15, 0.2) is 0 Å². The SMILES string of the molecule is CC(=O)Oc1ccc(C(C)(CCC(=O)OCOC(=O)CCC(C)(c2ccc(OC(C)=O)cc2)c2ccc(OC(C)=O)cc2)c2ccc(OC(C)=O)cc2)cc1. The van der Waals surface area contributed by atoms with Gasteiger partial charge < -0.3 is 28.4 Å². The van der Waals surface area contributed by atoms with Gasteiger partial charge in [-0.15, -0.1) is 0 Å². The number of hydrogen-bond donors (Lipinski definition) is 0.